The van der Waals surface area contributed by atoms with Crippen LogP contribution in [0.3, 0.4) is 0 Å². The summed E-state index contributed by atoms with van der Waals surface area (Å²) in [5.74, 6) is -2.83. The largest absolute Gasteiger partial charge is 0.508 e. The predicted molar refractivity (Wildman–Crippen MR) is 141 cm³/mol. The van der Waals surface area contributed by atoms with Crippen LogP contribution in [0.15, 0.2) is 24.3 Å². The number of rotatable bonds is 17. The molecule has 1 aromatic carbocycles. The Morgan fingerprint density at radius 1 is 0.946 bits per heavy atom. The monoisotopic (exact) mass is 541 g/mol. The van der Waals surface area contributed by atoms with E-state index in [1.807, 2.05) is 0 Å². The number of carboxylic acid groups (broad SMARTS) is 1. The van der Waals surface area contributed by atoms with Gasteiger partial charge in [-0.15, -0.1) is 0 Å². The Morgan fingerprint density at radius 3 is 2.11 bits per heavy atom. The average molecular weight is 542 g/mol. The minimum absolute atomic E-state index is 0.0778. The van der Waals surface area contributed by atoms with Gasteiger partial charge in [0, 0.05) is 0 Å². The van der Waals surface area contributed by atoms with E-state index < -0.39 is 54.0 Å². The number of benzene rings is 1. The SMILES string of the molecule is CSCCC(NC(=O)C(NC(=O)C(CCCCN)NC(=O)C(N)Cc1ccc(O)cc1)C(C)O)C(=O)O. The number of carbonyl (C=O) groups is 4. The van der Waals surface area contributed by atoms with Crippen LogP contribution in [0.25, 0.3) is 0 Å². The van der Waals surface area contributed by atoms with Crippen LogP contribution in [0.2, 0.25) is 0 Å². The summed E-state index contributed by atoms with van der Waals surface area (Å²) in [5.41, 5.74) is 12.3. The van der Waals surface area contributed by atoms with Crippen molar-refractivity contribution in [3.05, 3.63) is 29.8 Å². The van der Waals surface area contributed by atoms with Gasteiger partial charge >= 0.3 is 5.97 Å². The highest BCUT2D eigenvalue weighted by Crippen LogP contribution is 2.11. The Morgan fingerprint density at radius 2 is 1.57 bits per heavy atom. The molecule has 0 saturated heterocycles. The van der Waals surface area contributed by atoms with Crippen LogP contribution in [-0.4, -0.2) is 87.8 Å². The third-order valence-corrected chi connectivity index (χ3v) is 6.24. The fourth-order valence-corrected chi connectivity index (χ4v) is 3.90. The first-order valence-corrected chi connectivity index (χ1v) is 13.4. The lowest BCUT2D eigenvalue weighted by Crippen LogP contribution is -2.60. The predicted octanol–water partition coefficient (Wildman–Crippen LogP) is -0.936. The molecule has 1 rings (SSSR count). The van der Waals surface area contributed by atoms with Crippen molar-refractivity contribution in [1.82, 2.24) is 16.0 Å². The number of carbonyl (C=O) groups excluding carboxylic acids is 3. The van der Waals surface area contributed by atoms with Gasteiger partial charge < -0.3 is 42.7 Å². The second-order valence-electron chi connectivity index (χ2n) is 8.73. The summed E-state index contributed by atoms with van der Waals surface area (Å²) in [6, 6.07) is 1.52. The molecular formula is C24H39N5O7S. The van der Waals surface area contributed by atoms with E-state index in [9.17, 15) is 34.5 Å². The van der Waals surface area contributed by atoms with Crippen molar-refractivity contribution in [2.45, 2.75) is 69.3 Å². The fourth-order valence-electron chi connectivity index (χ4n) is 3.43. The average Bonchev–Trinajstić information content (AvgIpc) is 2.85. The molecule has 13 heteroatoms. The number of hydrogen-bond acceptors (Lipinski definition) is 9. The van der Waals surface area contributed by atoms with Gasteiger partial charge in [-0.25, -0.2) is 4.79 Å². The molecular weight excluding hydrogens is 502 g/mol. The number of nitrogens with one attached hydrogen (secondary N) is 3. The minimum atomic E-state index is -1.44. The van der Waals surface area contributed by atoms with Crippen molar-refractivity contribution >= 4 is 35.5 Å². The Balaban J connectivity index is 2.92. The number of aromatic hydroxyl groups is 1. The number of amides is 3. The van der Waals surface area contributed by atoms with Gasteiger partial charge in [0.25, 0.3) is 0 Å². The minimum Gasteiger partial charge on any atom is -0.508 e. The molecule has 0 radical (unpaired) electrons. The molecule has 0 fully saturated rings. The first kappa shape index (κ1) is 32.2. The number of phenols is 1. The molecule has 3 amide bonds. The van der Waals surface area contributed by atoms with Crippen molar-refractivity contribution < 1.29 is 34.5 Å². The number of aliphatic carboxylic acids is 1. The van der Waals surface area contributed by atoms with Crippen LogP contribution in [-0.2, 0) is 25.6 Å². The molecule has 5 atom stereocenters. The Labute approximate surface area is 220 Å². The number of phenolic OH excluding ortho intramolecular Hbond substituents is 1. The van der Waals surface area contributed by atoms with Gasteiger partial charge in [0.15, 0.2) is 0 Å². The lowest BCUT2D eigenvalue weighted by atomic mass is 10.0. The summed E-state index contributed by atoms with van der Waals surface area (Å²) in [4.78, 5) is 50.0. The van der Waals surface area contributed by atoms with Crippen molar-refractivity contribution in [2.24, 2.45) is 11.5 Å². The zero-order chi connectivity index (χ0) is 28.0. The topological polar surface area (TPSA) is 217 Å². The summed E-state index contributed by atoms with van der Waals surface area (Å²) in [5, 5.41) is 36.3. The molecule has 0 aliphatic heterocycles. The lowest BCUT2D eigenvalue weighted by Gasteiger charge is -2.26. The van der Waals surface area contributed by atoms with E-state index in [4.69, 9.17) is 11.5 Å². The molecule has 0 aliphatic carbocycles. The molecule has 0 spiro atoms. The maximum Gasteiger partial charge on any atom is 0.326 e. The summed E-state index contributed by atoms with van der Waals surface area (Å²) in [6.45, 7) is 1.67. The molecule has 5 unspecified atom stereocenters. The summed E-state index contributed by atoms with van der Waals surface area (Å²) >= 11 is 1.42. The van der Waals surface area contributed by atoms with Gasteiger partial charge in [-0.1, -0.05) is 12.1 Å². The molecule has 0 bridgehead atoms. The van der Waals surface area contributed by atoms with Gasteiger partial charge in [0.1, 0.15) is 23.9 Å². The van der Waals surface area contributed by atoms with E-state index in [2.05, 4.69) is 16.0 Å². The van der Waals surface area contributed by atoms with E-state index in [0.717, 1.165) is 0 Å². The number of aliphatic hydroxyl groups is 1. The van der Waals surface area contributed by atoms with Crippen molar-refractivity contribution in [3.63, 3.8) is 0 Å². The number of hydrogen-bond donors (Lipinski definition) is 8. The molecule has 0 aromatic heterocycles. The summed E-state index contributed by atoms with van der Waals surface area (Å²) < 4.78 is 0. The maximum absolute atomic E-state index is 13.1. The van der Waals surface area contributed by atoms with Crippen LogP contribution in [0.5, 0.6) is 5.75 Å². The number of nitrogens with two attached hydrogens (primary N) is 2. The Bertz CT molecular complexity index is 885. The third kappa shape index (κ3) is 11.8. The highest BCUT2D eigenvalue weighted by atomic mass is 32.2. The Kier molecular flexibility index (Phi) is 14.6. The molecule has 0 aliphatic rings. The normalized spacial score (nSPS) is 15.1. The molecule has 208 valence electrons. The highest BCUT2D eigenvalue weighted by molar-refractivity contribution is 7.98. The van der Waals surface area contributed by atoms with Gasteiger partial charge in [-0.3, -0.25) is 14.4 Å². The van der Waals surface area contributed by atoms with E-state index in [0.29, 0.717) is 30.7 Å². The highest BCUT2D eigenvalue weighted by Gasteiger charge is 2.32. The standard InChI is InChI=1S/C24H39N5O7S/c1-14(30)20(23(34)28-19(24(35)36)10-12-37-2)29-22(33)18(5-3-4-11-25)27-21(32)17(26)13-15-6-8-16(31)9-7-15/h6-9,14,17-20,30-31H,3-5,10-13,25-26H2,1-2H3,(H,27,32)(H,28,34)(H,29,33)(H,35,36). The van der Waals surface area contributed by atoms with Crippen molar-refractivity contribution in [3.8, 4) is 5.75 Å². The van der Waals surface area contributed by atoms with E-state index in [1.165, 1.54) is 30.8 Å². The number of unbranched alkanes of at least 4 members (excludes halogenated alkanes) is 1. The van der Waals surface area contributed by atoms with E-state index in [1.54, 1.807) is 18.4 Å². The molecule has 0 heterocycles. The Hall–Kier alpha value is -2.87. The maximum atomic E-state index is 13.1. The first-order chi connectivity index (χ1) is 17.5. The molecule has 1 aromatic rings. The third-order valence-electron chi connectivity index (χ3n) is 5.60. The zero-order valence-corrected chi connectivity index (χ0v) is 22.0. The molecule has 0 saturated carbocycles. The fraction of sp³-hybridized carbons (Fsp3) is 0.583. The summed E-state index contributed by atoms with van der Waals surface area (Å²) in [6.07, 6.45) is 2.10. The number of aliphatic hydroxyl groups excluding tert-OH is 1. The molecule has 37 heavy (non-hydrogen) atoms. The van der Waals surface area contributed by atoms with Crippen LogP contribution in [0, 0.1) is 0 Å². The first-order valence-electron chi connectivity index (χ1n) is 12.0. The van der Waals surface area contributed by atoms with Crippen LogP contribution in [0.1, 0.15) is 38.2 Å². The molecule has 10 N–H and O–H groups in total. The number of thioether (sulfide) groups is 1. The number of carboxylic acids is 1. The van der Waals surface area contributed by atoms with E-state index >= 15 is 0 Å². The van der Waals surface area contributed by atoms with E-state index in [-0.39, 0.29) is 25.0 Å². The van der Waals surface area contributed by atoms with Crippen LogP contribution >= 0.6 is 11.8 Å². The van der Waals surface area contributed by atoms with Crippen LogP contribution < -0.4 is 27.4 Å². The van der Waals surface area contributed by atoms with Crippen molar-refractivity contribution in [1.29, 1.82) is 0 Å². The molecule has 12 nitrogen and oxygen atoms in total. The van der Waals surface area contributed by atoms with Gasteiger partial charge in [0.05, 0.1) is 12.1 Å². The second-order valence-corrected chi connectivity index (χ2v) is 9.72. The van der Waals surface area contributed by atoms with Gasteiger partial charge in [0.2, 0.25) is 17.7 Å². The van der Waals surface area contributed by atoms with Gasteiger partial charge in [-0.05, 0) is 75.3 Å². The zero-order valence-electron chi connectivity index (χ0n) is 21.2. The van der Waals surface area contributed by atoms with Crippen molar-refractivity contribution in [2.75, 3.05) is 18.6 Å². The summed E-state index contributed by atoms with van der Waals surface area (Å²) in [7, 11) is 0. The van der Waals surface area contributed by atoms with Gasteiger partial charge in [-0.2, -0.15) is 11.8 Å². The van der Waals surface area contributed by atoms with Crippen LogP contribution in [0.4, 0.5) is 0 Å². The quantitative estimate of drug-likeness (QED) is 0.113. The second kappa shape index (κ2) is 16.8. The lowest BCUT2D eigenvalue weighted by molar-refractivity contribution is -0.143. The smallest absolute Gasteiger partial charge is 0.326 e.